The molecule has 0 saturated carbocycles. The van der Waals surface area contributed by atoms with Crippen LogP contribution in [0.1, 0.15) is 88.1 Å². The van der Waals surface area contributed by atoms with Crippen LogP contribution < -0.4 is 10.6 Å². The van der Waals surface area contributed by atoms with Gasteiger partial charge >= 0.3 is 6.09 Å². The minimum absolute atomic E-state index is 0.315. The molecule has 0 aliphatic rings. The average molecular weight is 618 g/mol. The molecule has 232 valence electrons. The third-order valence-corrected chi connectivity index (χ3v) is 7.94. The van der Waals surface area contributed by atoms with Gasteiger partial charge in [-0.3, -0.25) is 9.59 Å². The van der Waals surface area contributed by atoms with Crippen LogP contribution in [0.5, 0.6) is 0 Å². The lowest BCUT2D eigenvalue weighted by Crippen LogP contribution is -2.53. The summed E-state index contributed by atoms with van der Waals surface area (Å²) in [6, 6.07) is 9.49. The minimum atomic E-state index is -0.937. The maximum atomic E-state index is 14.5. The van der Waals surface area contributed by atoms with E-state index in [1.165, 1.54) is 0 Å². The smallest absolute Gasteiger partial charge is 0.408 e. The number of para-hydroxylation sites is 1. The fourth-order valence-corrected chi connectivity index (χ4v) is 5.63. The third-order valence-electron chi connectivity index (χ3n) is 6.98. The molecule has 0 fully saturated rings. The number of carbonyl (C=O) groups is 3. The van der Waals surface area contributed by atoms with Crippen molar-refractivity contribution in [2.45, 2.75) is 98.3 Å². The molecular formula is C33H48ClN3O4S. The number of nitrogens with one attached hydrogen (secondary N) is 2. The number of aryl methyl sites for hydroxylation is 3. The van der Waals surface area contributed by atoms with Crippen molar-refractivity contribution in [1.29, 1.82) is 0 Å². The number of thioether (sulfide) groups is 1. The van der Waals surface area contributed by atoms with Crippen LogP contribution in [0.4, 0.5) is 10.5 Å². The Morgan fingerprint density at radius 2 is 1.60 bits per heavy atom. The number of rotatable bonds is 14. The molecule has 42 heavy (non-hydrogen) atoms. The van der Waals surface area contributed by atoms with Gasteiger partial charge in [0.1, 0.15) is 17.7 Å². The van der Waals surface area contributed by atoms with Gasteiger partial charge < -0.3 is 20.3 Å². The van der Waals surface area contributed by atoms with Crippen LogP contribution in [-0.2, 0) is 14.3 Å². The molecule has 7 nitrogen and oxygen atoms in total. The van der Waals surface area contributed by atoms with Crippen molar-refractivity contribution in [3.63, 3.8) is 0 Å². The molecule has 2 atom stereocenters. The first kappa shape index (κ1) is 35.5. The molecule has 9 heteroatoms. The van der Waals surface area contributed by atoms with Crippen LogP contribution >= 0.6 is 23.4 Å². The highest BCUT2D eigenvalue weighted by atomic mass is 35.5. The van der Waals surface area contributed by atoms with Crippen molar-refractivity contribution in [1.82, 2.24) is 10.2 Å². The zero-order valence-corrected chi connectivity index (χ0v) is 28.0. The van der Waals surface area contributed by atoms with Gasteiger partial charge in [-0.05, 0) is 94.7 Å². The van der Waals surface area contributed by atoms with Gasteiger partial charge in [0.25, 0.3) is 5.91 Å². The molecule has 3 amide bonds. The Hall–Kier alpha value is -2.71. The van der Waals surface area contributed by atoms with Crippen molar-refractivity contribution >= 4 is 47.0 Å². The average Bonchev–Trinajstić information content (AvgIpc) is 2.90. The Morgan fingerprint density at radius 1 is 0.976 bits per heavy atom. The SMILES string of the molecule is CCCCCCN(C(=O)C(CCSC)NC(=O)OC(C)(C)C)C(C(=O)Nc1c(C)cccc1Cl)c1c(C)cccc1C. The van der Waals surface area contributed by atoms with Crippen molar-refractivity contribution in [2.24, 2.45) is 0 Å². The summed E-state index contributed by atoms with van der Waals surface area (Å²) in [6.07, 6.45) is 5.39. The summed E-state index contributed by atoms with van der Waals surface area (Å²) in [7, 11) is 0. The van der Waals surface area contributed by atoms with Gasteiger partial charge in [0.05, 0.1) is 10.7 Å². The number of anilines is 1. The van der Waals surface area contributed by atoms with Crippen LogP contribution in [0.3, 0.4) is 0 Å². The number of carbonyl (C=O) groups excluding carboxylic acids is 3. The second-order valence-corrected chi connectivity index (χ2v) is 13.1. The van der Waals surface area contributed by atoms with Gasteiger partial charge in [-0.25, -0.2) is 4.79 Å². The molecule has 2 unspecified atom stereocenters. The van der Waals surface area contributed by atoms with Crippen molar-refractivity contribution in [3.8, 4) is 0 Å². The molecule has 2 N–H and O–H groups in total. The van der Waals surface area contributed by atoms with Gasteiger partial charge in [-0.2, -0.15) is 11.8 Å². The Morgan fingerprint density at radius 3 is 2.17 bits per heavy atom. The summed E-state index contributed by atoms with van der Waals surface area (Å²) in [5, 5.41) is 6.28. The second kappa shape index (κ2) is 16.8. The highest BCUT2D eigenvalue weighted by Gasteiger charge is 2.37. The third kappa shape index (κ3) is 10.5. The van der Waals surface area contributed by atoms with Crippen molar-refractivity contribution < 1.29 is 19.1 Å². The quantitative estimate of drug-likeness (QED) is 0.210. The minimum Gasteiger partial charge on any atom is -0.444 e. The zero-order chi connectivity index (χ0) is 31.4. The van der Waals surface area contributed by atoms with E-state index in [1.54, 1.807) is 43.5 Å². The lowest BCUT2D eigenvalue weighted by molar-refractivity contribution is -0.141. The largest absolute Gasteiger partial charge is 0.444 e. The Kier molecular flexibility index (Phi) is 14.2. The number of unbranched alkanes of at least 4 members (excludes halogenated alkanes) is 3. The Labute approximate surface area is 261 Å². The fourth-order valence-electron chi connectivity index (χ4n) is 4.89. The number of nitrogens with zero attached hydrogens (tertiary/aromatic N) is 1. The summed E-state index contributed by atoms with van der Waals surface area (Å²) in [5.74, 6) is -0.0204. The molecule has 0 heterocycles. The van der Waals surface area contributed by atoms with Crippen LogP contribution in [0.2, 0.25) is 5.02 Å². The van der Waals surface area contributed by atoms with Crippen molar-refractivity contribution in [3.05, 3.63) is 63.7 Å². The first-order valence-electron chi connectivity index (χ1n) is 14.7. The van der Waals surface area contributed by atoms with E-state index in [2.05, 4.69) is 17.6 Å². The molecule has 0 bridgehead atoms. The summed E-state index contributed by atoms with van der Waals surface area (Å²) in [6.45, 7) is 13.6. The van der Waals surface area contributed by atoms with Crippen LogP contribution in [-0.4, -0.2) is 53.0 Å². The van der Waals surface area contributed by atoms with E-state index in [1.807, 2.05) is 57.4 Å². The summed E-state index contributed by atoms with van der Waals surface area (Å²) in [5.41, 5.74) is 3.19. The van der Waals surface area contributed by atoms with E-state index in [4.69, 9.17) is 16.3 Å². The highest BCUT2D eigenvalue weighted by Crippen LogP contribution is 2.32. The van der Waals surface area contributed by atoms with Crippen LogP contribution in [0.15, 0.2) is 36.4 Å². The van der Waals surface area contributed by atoms with Gasteiger partial charge in [-0.15, -0.1) is 0 Å². The number of amides is 3. The van der Waals surface area contributed by atoms with Crippen LogP contribution in [0.25, 0.3) is 0 Å². The predicted octanol–water partition coefficient (Wildman–Crippen LogP) is 8.00. The first-order chi connectivity index (χ1) is 19.8. The van der Waals surface area contributed by atoms with E-state index >= 15 is 0 Å². The Bertz CT molecular complexity index is 1170. The van der Waals surface area contributed by atoms with Gasteiger partial charge in [0.2, 0.25) is 5.91 Å². The number of alkyl carbamates (subject to hydrolysis) is 1. The van der Waals surface area contributed by atoms with Crippen molar-refractivity contribution in [2.75, 3.05) is 23.9 Å². The molecule has 0 aromatic heterocycles. The van der Waals surface area contributed by atoms with E-state index in [9.17, 15) is 14.4 Å². The number of hydrogen-bond acceptors (Lipinski definition) is 5. The number of hydrogen-bond donors (Lipinski definition) is 2. The molecule has 2 aromatic rings. The van der Waals surface area contributed by atoms with Gasteiger partial charge in [0, 0.05) is 6.54 Å². The monoisotopic (exact) mass is 617 g/mol. The molecular weight excluding hydrogens is 570 g/mol. The maximum absolute atomic E-state index is 14.5. The molecule has 2 rings (SSSR count). The van der Waals surface area contributed by atoms with E-state index in [-0.39, 0.29) is 11.8 Å². The molecule has 0 aliphatic carbocycles. The first-order valence-corrected chi connectivity index (χ1v) is 16.5. The Balaban J connectivity index is 2.64. The van der Waals surface area contributed by atoms with Gasteiger partial charge in [-0.1, -0.05) is 68.1 Å². The van der Waals surface area contributed by atoms with Gasteiger partial charge in [0.15, 0.2) is 0 Å². The summed E-state index contributed by atoms with van der Waals surface area (Å²) in [4.78, 5) is 43.3. The highest BCUT2D eigenvalue weighted by molar-refractivity contribution is 7.98. The molecule has 0 aliphatic heterocycles. The number of ether oxygens (including phenoxy) is 1. The lowest BCUT2D eigenvalue weighted by Gasteiger charge is -2.36. The maximum Gasteiger partial charge on any atom is 0.408 e. The standard InChI is InChI=1S/C33H48ClN3O4S/c1-9-10-11-12-20-37(31(39)26(19-21-42-8)35-32(40)41-33(5,6)7)29(27-22(2)15-13-16-23(27)3)30(38)36-28-24(4)17-14-18-25(28)34/h13-18,26,29H,9-12,19-21H2,1-8H3,(H,35,40)(H,36,38). The van der Waals surface area contributed by atoms with Crippen LogP contribution in [0, 0.1) is 20.8 Å². The van der Waals surface area contributed by atoms with E-state index in [0.717, 1.165) is 47.9 Å². The molecule has 2 aromatic carbocycles. The fraction of sp³-hybridized carbons (Fsp3) is 0.545. The zero-order valence-electron chi connectivity index (χ0n) is 26.4. The number of halogens is 1. The summed E-state index contributed by atoms with van der Waals surface area (Å²) >= 11 is 8.09. The lowest BCUT2D eigenvalue weighted by atomic mass is 9.93. The second-order valence-electron chi connectivity index (χ2n) is 11.7. The normalized spacial score (nSPS) is 12.8. The van der Waals surface area contributed by atoms with E-state index in [0.29, 0.717) is 29.4 Å². The summed E-state index contributed by atoms with van der Waals surface area (Å²) < 4.78 is 5.51. The molecule has 0 saturated heterocycles. The predicted molar refractivity (Wildman–Crippen MR) is 175 cm³/mol. The topological polar surface area (TPSA) is 87.7 Å². The van der Waals surface area contributed by atoms with E-state index < -0.39 is 23.8 Å². The molecule has 0 radical (unpaired) electrons. The number of benzene rings is 2. The molecule has 0 spiro atoms.